The van der Waals surface area contributed by atoms with Crippen LogP contribution in [0, 0.1) is 6.92 Å². The molecule has 1 N–H and O–H groups in total. The quantitative estimate of drug-likeness (QED) is 0.922. The Morgan fingerprint density at radius 1 is 1.42 bits per heavy atom. The standard InChI is InChI=1S/C18H26N4O2/c1-14-5-6-16-19-10-15(22(16)11-14)12-21-8-4-7-18(24,13-21)9-17(23)20(2)3/h5-6,10-11,24H,4,7-9,12-13H2,1-3H3. The Morgan fingerprint density at radius 2 is 2.21 bits per heavy atom. The van der Waals surface area contributed by atoms with Crippen LogP contribution in [0.1, 0.15) is 30.5 Å². The molecule has 1 amide bonds. The average molecular weight is 330 g/mol. The van der Waals surface area contributed by atoms with Gasteiger partial charge in [-0.3, -0.25) is 9.69 Å². The van der Waals surface area contributed by atoms with Gasteiger partial charge >= 0.3 is 0 Å². The number of β-amino-alcohol motifs (C(OH)–C–C–N with tert-alkyl or cyclic N) is 1. The first-order chi connectivity index (χ1) is 11.4. The fourth-order valence-electron chi connectivity index (χ4n) is 3.41. The summed E-state index contributed by atoms with van der Waals surface area (Å²) in [7, 11) is 3.46. The highest BCUT2D eigenvalue weighted by molar-refractivity contribution is 5.76. The number of hydrogen-bond acceptors (Lipinski definition) is 4. The van der Waals surface area contributed by atoms with E-state index in [0.717, 1.165) is 30.9 Å². The maximum Gasteiger partial charge on any atom is 0.224 e. The van der Waals surface area contributed by atoms with Gasteiger partial charge in [0.05, 0.1) is 23.9 Å². The molecule has 0 aromatic carbocycles. The molecular formula is C18H26N4O2. The second-order valence-corrected chi connectivity index (χ2v) is 7.19. The molecule has 1 unspecified atom stereocenters. The molecular weight excluding hydrogens is 304 g/mol. The number of aliphatic hydroxyl groups is 1. The predicted octanol–water partition coefficient (Wildman–Crippen LogP) is 1.45. The molecule has 6 nitrogen and oxygen atoms in total. The van der Waals surface area contributed by atoms with Crippen LogP contribution >= 0.6 is 0 Å². The van der Waals surface area contributed by atoms with E-state index in [9.17, 15) is 9.90 Å². The first-order valence-electron chi connectivity index (χ1n) is 8.44. The highest BCUT2D eigenvalue weighted by Gasteiger charge is 2.35. The van der Waals surface area contributed by atoms with Gasteiger partial charge in [-0.2, -0.15) is 0 Å². The molecule has 1 aliphatic heterocycles. The van der Waals surface area contributed by atoms with Gasteiger partial charge in [-0.05, 0) is 37.9 Å². The first kappa shape index (κ1) is 16.9. The maximum absolute atomic E-state index is 12.0. The smallest absolute Gasteiger partial charge is 0.224 e. The summed E-state index contributed by atoms with van der Waals surface area (Å²) in [4.78, 5) is 20.2. The van der Waals surface area contributed by atoms with E-state index in [1.807, 2.05) is 12.3 Å². The summed E-state index contributed by atoms with van der Waals surface area (Å²) in [5.41, 5.74) is 2.30. The third-order valence-corrected chi connectivity index (χ3v) is 4.73. The third kappa shape index (κ3) is 3.60. The summed E-state index contributed by atoms with van der Waals surface area (Å²) in [6, 6.07) is 4.07. The first-order valence-corrected chi connectivity index (χ1v) is 8.44. The van der Waals surface area contributed by atoms with Crippen molar-refractivity contribution in [2.45, 2.75) is 38.3 Å². The lowest BCUT2D eigenvalue weighted by Gasteiger charge is -2.39. The van der Waals surface area contributed by atoms with Gasteiger partial charge in [0.25, 0.3) is 0 Å². The lowest BCUT2D eigenvalue weighted by atomic mass is 9.89. The summed E-state index contributed by atoms with van der Waals surface area (Å²) >= 11 is 0. The van der Waals surface area contributed by atoms with E-state index in [0.29, 0.717) is 13.0 Å². The van der Waals surface area contributed by atoms with E-state index in [2.05, 4.69) is 33.5 Å². The van der Waals surface area contributed by atoms with E-state index >= 15 is 0 Å². The van der Waals surface area contributed by atoms with E-state index in [4.69, 9.17) is 0 Å². The van der Waals surface area contributed by atoms with Gasteiger partial charge in [-0.15, -0.1) is 0 Å². The molecule has 3 rings (SSSR count). The highest BCUT2D eigenvalue weighted by atomic mass is 16.3. The van der Waals surface area contributed by atoms with E-state index < -0.39 is 5.60 Å². The van der Waals surface area contributed by atoms with Crippen molar-refractivity contribution in [1.82, 2.24) is 19.2 Å². The van der Waals surface area contributed by atoms with Crippen molar-refractivity contribution >= 4 is 11.6 Å². The van der Waals surface area contributed by atoms with Crippen molar-refractivity contribution in [1.29, 1.82) is 0 Å². The molecule has 0 spiro atoms. The van der Waals surface area contributed by atoms with Crippen LogP contribution in [0.5, 0.6) is 0 Å². The lowest BCUT2D eigenvalue weighted by Crippen LogP contribution is -2.50. The molecule has 3 heterocycles. The van der Waals surface area contributed by atoms with Gasteiger partial charge in [0.1, 0.15) is 5.65 Å². The van der Waals surface area contributed by atoms with Gasteiger partial charge < -0.3 is 14.4 Å². The molecule has 130 valence electrons. The Bertz CT molecular complexity index is 740. The van der Waals surface area contributed by atoms with Crippen LogP contribution in [0.25, 0.3) is 5.65 Å². The van der Waals surface area contributed by atoms with Crippen molar-refractivity contribution in [2.24, 2.45) is 0 Å². The molecule has 24 heavy (non-hydrogen) atoms. The highest BCUT2D eigenvalue weighted by Crippen LogP contribution is 2.26. The Kier molecular flexibility index (Phi) is 4.60. The van der Waals surface area contributed by atoms with Gasteiger partial charge in [0.15, 0.2) is 0 Å². The molecule has 1 atom stereocenters. The maximum atomic E-state index is 12.0. The number of fused-ring (bicyclic) bond motifs is 1. The normalized spacial score (nSPS) is 22.0. The zero-order chi connectivity index (χ0) is 17.3. The van der Waals surface area contributed by atoms with E-state index in [1.165, 1.54) is 5.56 Å². The largest absolute Gasteiger partial charge is 0.388 e. The second-order valence-electron chi connectivity index (χ2n) is 7.19. The summed E-state index contributed by atoms with van der Waals surface area (Å²) < 4.78 is 2.11. The van der Waals surface area contributed by atoms with Crippen LogP contribution in [0.4, 0.5) is 0 Å². The SMILES string of the molecule is Cc1ccc2ncc(CN3CCCC(O)(CC(=O)N(C)C)C3)n2c1. The summed E-state index contributed by atoms with van der Waals surface area (Å²) in [6.45, 7) is 4.24. The summed E-state index contributed by atoms with van der Waals surface area (Å²) in [6.07, 6.45) is 5.74. The molecule has 1 aliphatic rings. The van der Waals surface area contributed by atoms with Crippen LogP contribution in [0.15, 0.2) is 24.5 Å². The molecule has 2 aromatic heterocycles. The molecule has 2 aromatic rings. The monoisotopic (exact) mass is 330 g/mol. The Hall–Kier alpha value is -1.92. The second kappa shape index (κ2) is 6.53. The summed E-state index contributed by atoms with van der Waals surface area (Å²) in [5, 5.41) is 10.8. The van der Waals surface area contributed by atoms with Crippen LogP contribution < -0.4 is 0 Å². The van der Waals surface area contributed by atoms with Crippen molar-refractivity contribution < 1.29 is 9.90 Å². The van der Waals surface area contributed by atoms with Gasteiger partial charge in [0, 0.05) is 33.4 Å². The third-order valence-electron chi connectivity index (χ3n) is 4.73. The van der Waals surface area contributed by atoms with Crippen LogP contribution in [-0.4, -0.2) is 63.0 Å². The van der Waals surface area contributed by atoms with Crippen LogP contribution in [0.2, 0.25) is 0 Å². The fraction of sp³-hybridized carbons (Fsp3) is 0.556. The number of piperidine rings is 1. The van der Waals surface area contributed by atoms with Gasteiger partial charge in [-0.25, -0.2) is 4.98 Å². The Morgan fingerprint density at radius 3 is 2.96 bits per heavy atom. The number of imidazole rings is 1. The molecule has 0 aliphatic carbocycles. The number of amides is 1. The molecule has 0 radical (unpaired) electrons. The van der Waals surface area contributed by atoms with Crippen molar-refractivity contribution in [3.8, 4) is 0 Å². The van der Waals surface area contributed by atoms with Crippen LogP contribution in [-0.2, 0) is 11.3 Å². The van der Waals surface area contributed by atoms with Crippen molar-refractivity contribution in [3.63, 3.8) is 0 Å². The number of aromatic nitrogens is 2. The Labute approximate surface area is 142 Å². The topological polar surface area (TPSA) is 61.1 Å². The number of carbonyl (C=O) groups is 1. The number of carbonyl (C=O) groups excluding carboxylic acids is 1. The number of pyridine rings is 1. The van der Waals surface area contributed by atoms with Crippen molar-refractivity contribution in [3.05, 3.63) is 35.8 Å². The summed E-state index contributed by atoms with van der Waals surface area (Å²) in [5.74, 6) is -0.0234. The average Bonchev–Trinajstić information content (AvgIpc) is 2.89. The van der Waals surface area contributed by atoms with Crippen molar-refractivity contribution in [2.75, 3.05) is 27.2 Å². The number of aryl methyl sites for hydroxylation is 1. The minimum atomic E-state index is -0.935. The number of likely N-dealkylation sites (tertiary alicyclic amines) is 1. The number of hydrogen-bond donors (Lipinski definition) is 1. The van der Waals surface area contributed by atoms with E-state index in [-0.39, 0.29) is 12.3 Å². The molecule has 1 saturated heterocycles. The Balaban J connectivity index is 1.73. The van der Waals surface area contributed by atoms with Crippen LogP contribution in [0.3, 0.4) is 0 Å². The predicted molar refractivity (Wildman–Crippen MR) is 92.7 cm³/mol. The van der Waals surface area contributed by atoms with E-state index in [1.54, 1.807) is 19.0 Å². The number of nitrogens with zero attached hydrogens (tertiary/aromatic N) is 4. The minimum Gasteiger partial charge on any atom is -0.388 e. The molecule has 6 heteroatoms. The zero-order valence-electron chi connectivity index (χ0n) is 14.7. The number of rotatable bonds is 4. The zero-order valence-corrected chi connectivity index (χ0v) is 14.7. The fourth-order valence-corrected chi connectivity index (χ4v) is 3.41. The molecule has 0 bridgehead atoms. The minimum absolute atomic E-state index is 0.0234. The molecule has 0 saturated carbocycles. The lowest BCUT2D eigenvalue weighted by molar-refractivity contribution is -0.136. The molecule has 1 fully saturated rings. The van der Waals surface area contributed by atoms with Gasteiger partial charge in [-0.1, -0.05) is 6.07 Å². The van der Waals surface area contributed by atoms with Gasteiger partial charge in [0.2, 0.25) is 5.91 Å².